The van der Waals surface area contributed by atoms with Crippen LogP contribution in [0.4, 0.5) is 37.7 Å². The molecule has 12 heteroatoms. The van der Waals surface area contributed by atoms with Crippen molar-refractivity contribution in [1.29, 1.82) is 0 Å². The second-order valence-corrected chi connectivity index (χ2v) is 9.80. The minimum Gasteiger partial charge on any atom is -0.405 e. The monoisotopic (exact) mass is 567 g/mol. The highest BCUT2D eigenvalue weighted by atomic mass is 19.4. The topological polar surface area (TPSA) is 85.9 Å². The Morgan fingerprint density at radius 1 is 1.10 bits per heavy atom. The van der Waals surface area contributed by atoms with Crippen molar-refractivity contribution in [2.24, 2.45) is 10.7 Å². The Balaban J connectivity index is 1.65. The summed E-state index contributed by atoms with van der Waals surface area (Å²) in [5.74, 6) is 0.375. The van der Waals surface area contributed by atoms with Gasteiger partial charge in [-0.2, -0.15) is 26.3 Å². The molecular formula is C28H31F6N5O. The van der Waals surface area contributed by atoms with Crippen molar-refractivity contribution in [2.75, 3.05) is 30.3 Å². The lowest BCUT2D eigenvalue weighted by Crippen LogP contribution is -2.47. The second kappa shape index (κ2) is 12.3. The molecule has 0 amide bonds. The van der Waals surface area contributed by atoms with Crippen molar-refractivity contribution in [1.82, 2.24) is 4.90 Å². The van der Waals surface area contributed by atoms with Crippen molar-refractivity contribution in [2.45, 2.75) is 50.2 Å². The lowest BCUT2D eigenvalue weighted by atomic mass is 9.99. The van der Waals surface area contributed by atoms with Crippen LogP contribution in [0.2, 0.25) is 0 Å². The van der Waals surface area contributed by atoms with E-state index in [1.165, 1.54) is 12.1 Å². The van der Waals surface area contributed by atoms with E-state index >= 15 is 0 Å². The highest BCUT2D eigenvalue weighted by Gasteiger charge is 2.34. The van der Waals surface area contributed by atoms with Gasteiger partial charge in [0.25, 0.3) is 0 Å². The smallest absolute Gasteiger partial charge is 0.405 e. The molecule has 0 bridgehead atoms. The molecule has 0 radical (unpaired) electrons. The van der Waals surface area contributed by atoms with Crippen molar-refractivity contribution >= 4 is 17.2 Å². The number of likely N-dealkylation sites (tertiary alicyclic amines) is 1. The minimum absolute atomic E-state index is 0.00235. The number of aliphatic imine (C=N–C) groups is 1. The minimum atomic E-state index is -4.55. The molecule has 0 aromatic heterocycles. The average molecular weight is 568 g/mol. The van der Waals surface area contributed by atoms with Crippen LogP contribution in [0, 0.1) is 0 Å². The van der Waals surface area contributed by atoms with Gasteiger partial charge >= 0.3 is 12.4 Å². The molecule has 2 unspecified atom stereocenters. The normalized spacial score (nSPS) is 20.7. The third kappa shape index (κ3) is 7.36. The van der Waals surface area contributed by atoms with Crippen LogP contribution in [-0.4, -0.2) is 53.9 Å². The number of nitrogens with one attached hydrogen (secondary N) is 2. The standard InChI is InChI=1S/C28H31F6N5O/c29-27(30,31)19-7-9-21(10-8-19)36-26-23-11-6-18(14-20(4-3-12-35)28(32,33)34)15-24(23)37-25(38-26)16-39-13-2-1-5-22(39)17-40/h3-4,6-12,15,22,25,37,40H,1-2,5,13-14,16-17,35H2,(H,36,38)/b12-3-,20-4+. The van der Waals surface area contributed by atoms with E-state index < -0.39 is 29.7 Å². The van der Waals surface area contributed by atoms with E-state index in [2.05, 4.69) is 15.5 Å². The molecule has 4 rings (SSSR count). The predicted octanol–water partition coefficient (Wildman–Crippen LogP) is 5.67. The highest BCUT2D eigenvalue weighted by Crippen LogP contribution is 2.33. The molecule has 2 heterocycles. The van der Waals surface area contributed by atoms with Crippen LogP contribution in [0.25, 0.3) is 0 Å². The molecule has 1 saturated heterocycles. The third-order valence-electron chi connectivity index (χ3n) is 6.96. The lowest BCUT2D eigenvalue weighted by molar-refractivity contribution is -0.137. The number of benzene rings is 2. The summed E-state index contributed by atoms with van der Waals surface area (Å²) in [5.41, 5.74) is 5.57. The first-order chi connectivity index (χ1) is 19.0. The summed E-state index contributed by atoms with van der Waals surface area (Å²) in [6, 6.07) is 9.31. The molecular weight excluding hydrogens is 536 g/mol. The Bertz CT molecular complexity index is 1250. The predicted molar refractivity (Wildman–Crippen MR) is 143 cm³/mol. The first kappa shape index (κ1) is 29.5. The summed E-state index contributed by atoms with van der Waals surface area (Å²) in [5, 5.41) is 16.2. The number of alkyl halides is 6. The summed E-state index contributed by atoms with van der Waals surface area (Å²) >= 11 is 0. The number of aliphatic hydroxyl groups is 1. The van der Waals surface area contributed by atoms with E-state index in [-0.39, 0.29) is 19.1 Å². The Morgan fingerprint density at radius 3 is 2.50 bits per heavy atom. The van der Waals surface area contributed by atoms with Gasteiger partial charge in [0.2, 0.25) is 0 Å². The number of hydrogen-bond donors (Lipinski definition) is 4. The van der Waals surface area contributed by atoms with Gasteiger partial charge in [0.05, 0.1) is 12.2 Å². The molecule has 2 aromatic rings. The number of amidine groups is 1. The zero-order chi connectivity index (χ0) is 28.9. The molecule has 5 N–H and O–H groups in total. The molecule has 216 valence electrons. The number of fused-ring (bicyclic) bond motifs is 1. The summed E-state index contributed by atoms with van der Waals surface area (Å²) in [6.45, 7) is 1.20. The fourth-order valence-electron chi connectivity index (χ4n) is 4.90. The van der Waals surface area contributed by atoms with Crippen molar-refractivity contribution < 1.29 is 31.4 Å². The van der Waals surface area contributed by atoms with Crippen LogP contribution in [0.1, 0.15) is 36.0 Å². The van der Waals surface area contributed by atoms with Crippen LogP contribution in [-0.2, 0) is 12.6 Å². The van der Waals surface area contributed by atoms with Gasteiger partial charge in [-0.25, -0.2) is 4.99 Å². The van der Waals surface area contributed by atoms with Crippen LogP contribution in [0.15, 0.2) is 71.4 Å². The fraction of sp³-hybridized carbons (Fsp3) is 0.393. The van der Waals surface area contributed by atoms with Crippen molar-refractivity contribution in [3.8, 4) is 0 Å². The molecule has 0 spiro atoms. The van der Waals surface area contributed by atoms with E-state index in [1.807, 2.05) is 0 Å². The van der Waals surface area contributed by atoms with E-state index in [9.17, 15) is 31.4 Å². The van der Waals surface area contributed by atoms with E-state index in [1.54, 1.807) is 18.2 Å². The first-order valence-electron chi connectivity index (χ1n) is 12.9. The highest BCUT2D eigenvalue weighted by molar-refractivity contribution is 6.12. The maximum atomic E-state index is 13.6. The SMILES string of the molecule is N/C=C\C=C(/Cc1ccc2c(c1)NC(CN1CCCCC1CO)N=C2Nc1ccc(C(F)(F)F)cc1)C(F)(F)F. The summed E-state index contributed by atoms with van der Waals surface area (Å²) < 4.78 is 79.8. The molecule has 2 atom stereocenters. The summed E-state index contributed by atoms with van der Waals surface area (Å²) in [6.07, 6.45) is -4.01. The van der Waals surface area contributed by atoms with Crippen molar-refractivity contribution in [3.05, 3.63) is 83.1 Å². The zero-order valence-corrected chi connectivity index (χ0v) is 21.6. The van der Waals surface area contributed by atoms with Gasteiger partial charge in [-0.15, -0.1) is 0 Å². The molecule has 40 heavy (non-hydrogen) atoms. The van der Waals surface area contributed by atoms with E-state index in [0.717, 1.165) is 56.3 Å². The van der Waals surface area contributed by atoms with Crippen LogP contribution >= 0.6 is 0 Å². The number of nitrogens with zero attached hydrogens (tertiary/aromatic N) is 2. The number of allylic oxidation sites excluding steroid dienone is 3. The largest absolute Gasteiger partial charge is 0.416 e. The van der Waals surface area contributed by atoms with Gasteiger partial charge < -0.3 is 21.5 Å². The average Bonchev–Trinajstić information content (AvgIpc) is 2.90. The van der Waals surface area contributed by atoms with Crippen molar-refractivity contribution in [3.63, 3.8) is 0 Å². The van der Waals surface area contributed by atoms with Gasteiger partial charge in [0, 0.05) is 41.5 Å². The molecule has 1 fully saturated rings. The number of hydrogen-bond acceptors (Lipinski definition) is 6. The van der Waals surface area contributed by atoms with Crippen LogP contribution in [0.5, 0.6) is 0 Å². The number of anilines is 2. The van der Waals surface area contributed by atoms with Gasteiger partial charge in [-0.05, 0) is 73.6 Å². The van der Waals surface area contributed by atoms with Gasteiger partial charge in [0.1, 0.15) is 12.0 Å². The van der Waals surface area contributed by atoms with Crippen LogP contribution < -0.4 is 16.4 Å². The summed E-state index contributed by atoms with van der Waals surface area (Å²) in [7, 11) is 0. The van der Waals surface area contributed by atoms with Gasteiger partial charge in [-0.3, -0.25) is 4.90 Å². The molecule has 6 nitrogen and oxygen atoms in total. The Hall–Kier alpha value is -3.51. The molecule has 2 aliphatic heterocycles. The summed E-state index contributed by atoms with van der Waals surface area (Å²) in [4.78, 5) is 6.88. The number of nitrogens with two attached hydrogens (primary N) is 1. The van der Waals surface area contributed by atoms with E-state index in [4.69, 9.17) is 10.7 Å². The number of aliphatic hydroxyl groups excluding tert-OH is 1. The molecule has 0 saturated carbocycles. The Morgan fingerprint density at radius 2 is 1.85 bits per heavy atom. The molecule has 2 aromatic carbocycles. The number of piperidine rings is 1. The Kier molecular flexibility index (Phi) is 9.09. The Labute approximate surface area is 228 Å². The van der Waals surface area contributed by atoms with Gasteiger partial charge in [-0.1, -0.05) is 18.6 Å². The maximum absolute atomic E-state index is 13.6. The lowest BCUT2D eigenvalue weighted by Gasteiger charge is -2.37. The molecule has 2 aliphatic rings. The van der Waals surface area contributed by atoms with Gasteiger partial charge in [0.15, 0.2) is 0 Å². The first-order valence-corrected chi connectivity index (χ1v) is 12.9. The maximum Gasteiger partial charge on any atom is 0.416 e. The third-order valence-corrected chi connectivity index (χ3v) is 6.96. The quantitative estimate of drug-likeness (QED) is 0.256. The number of halogens is 6. The fourth-order valence-corrected chi connectivity index (χ4v) is 4.90. The number of rotatable bonds is 7. The van der Waals surface area contributed by atoms with E-state index in [0.29, 0.717) is 34.9 Å². The molecule has 0 aliphatic carbocycles. The second-order valence-electron chi connectivity index (χ2n) is 9.80. The van der Waals surface area contributed by atoms with Crippen LogP contribution in [0.3, 0.4) is 0 Å². The zero-order valence-electron chi connectivity index (χ0n) is 21.6.